The lowest BCUT2D eigenvalue weighted by Crippen LogP contribution is -2.51. The fraction of sp³-hybridized carbons (Fsp3) is 0.278. The van der Waals surface area contributed by atoms with Crippen LogP contribution in [0.15, 0.2) is 48.7 Å². The molecule has 1 aromatic carbocycles. The quantitative estimate of drug-likeness (QED) is 0.807. The number of hydrogen-bond acceptors (Lipinski definition) is 3. The Bertz CT molecular complexity index is 704. The number of carbonyl (C=O) groups is 2. The molecule has 2 N–H and O–H groups in total. The maximum atomic E-state index is 12.3. The molecule has 2 rings (SSSR count). The summed E-state index contributed by atoms with van der Waals surface area (Å²) in [6, 6.07) is 12.0. The molecule has 1 aromatic heterocycles. The third-order valence-corrected chi connectivity index (χ3v) is 4.17. The zero-order valence-corrected chi connectivity index (χ0v) is 14.1. The first kappa shape index (κ1) is 17.9. The summed E-state index contributed by atoms with van der Waals surface area (Å²) < 4.78 is 0. The Morgan fingerprint density at radius 1 is 1.21 bits per heavy atom. The van der Waals surface area contributed by atoms with Gasteiger partial charge in [0.25, 0.3) is 0 Å². The summed E-state index contributed by atoms with van der Waals surface area (Å²) in [6.07, 6.45) is 2.50. The third kappa shape index (κ3) is 4.11. The van der Waals surface area contributed by atoms with E-state index in [1.807, 2.05) is 12.1 Å². The van der Waals surface area contributed by atoms with Gasteiger partial charge in [-0.15, -0.1) is 0 Å². The second-order valence-corrected chi connectivity index (χ2v) is 5.88. The van der Waals surface area contributed by atoms with Crippen LogP contribution in [-0.2, 0) is 21.5 Å². The van der Waals surface area contributed by atoms with Crippen molar-refractivity contribution in [1.82, 2.24) is 10.3 Å². The number of carboxylic acid groups (broad SMARTS) is 1. The molecule has 2 aromatic rings. The minimum Gasteiger partial charge on any atom is -0.479 e. The predicted molar refractivity (Wildman–Crippen MR) is 91.8 cm³/mol. The lowest BCUT2D eigenvalue weighted by molar-refractivity contribution is -0.148. The molecule has 0 aliphatic rings. The maximum absolute atomic E-state index is 12.3. The van der Waals surface area contributed by atoms with Crippen molar-refractivity contribution in [3.63, 3.8) is 0 Å². The van der Waals surface area contributed by atoms with Gasteiger partial charge in [0.2, 0.25) is 5.91 Å². The summed E-state index contributed by atoms with van der Waals surface area (Å²) >= 11 is 5.87. The standard InChI is InChI=1S/C18H19ClN2O3/c1-2-18(17(23)24,13-6-8-14(19)9-7-13)21-16(22)11-10-15-5-3-4-12-20-15/h3-9,12H,2,10-11H2,1H3,(H,21,22)(H,23,24). The van der Waals surface area contributed by atoms with Gasteiger partial charge < -0.3 is 10.4 Å². The van der Waals surface area contributed by atoms with E-state index < -0.39 is 11.5 Å². The highest BCUT2D eigenvalue weighted by atomic mass is 35.5. The molecule has 0 radical (unpaired) electrons. The van der Waals surface area contributed by atoms with Gasteiger partial charge in [-0.2, -0.15) is 0 Å². The molecule has 0 saturated heterocycles. The molecule has 1 atom stereocenters. The van der Waals surface area contributed by atoms with Crippen LogP contribution in [0.2, 0.25) is 5.02 Å². The zero-order valence-electron chi connectivity index (χ0n) is 13.3. The van der Waals surface area contributed by atoms with Crippen molar-refractivity contribution >= 4 is 23.5 Å². The van der Waals surface area contributed by atoms with E-state index in [2.05, 4.69) is 10.3 Å². The van der Waals surface area contributed by atoms with Crippen LogP contribution in [0, 0.1) is 0 Å². The molecule has 0 bridgehead atoms. The molecular formula is C18H19ClN2O3. The number of carboxylic acids is 1. The Hall–Kier alpha value is -2.40. The predicted octanol–water partition coefficient (Wildman–Crippen LogP) is 3.17. The first-order valence-corrected chi connectivity index (χ1v) is 8.06. The molecule has 1 unspecified atom stereocenters. The number of amides is 1. The Morgan fingerprint density at radius 3 is 2.46 bits per heavy atom. The van der Waals surface area contributed by atoms with Crippen LogP contribution in [0.1, 0.15) is 31.0 Å². The first-order valence-electron chi connectivity index (χ1n) is 7.68. The van der Waals surface area contributed by atoms with Gasteiger partial charge in [0.15, 0.2) is 5.54 Å². The number of nitrogens with one attached hydrogen (secondary N) is 1. The van der Waals surface area contributed by atoms with Crippen molar-refractivity contribution in [2.75, 3.05) is 0 Å². The van der Waals surface area contributed by atoms with Crippen molar-refractivity contribution in [2.45, 2.75) is 31.7 Å². The van der Waals surface area contributed by atoms with Gasteiger partial charge in [0, 0.05) is 23.3 Å². The Balaban J connectivity index is 2.15. The van der Waals surface area contributed by atoms with E-state index in [4.69, 9.17) is 11.6 Å². The first-order chi connectivity index (χ1) is 11.5. The van der Waals surface area contributed by atoms with Crippen LogP contribution in [0.5, 0.6) is 0 Å². The van der Waals surface area contributed by atoms with E-state index in [0.717, 1.165) is 5.69 Å². The van der Waals surface area contributed by atoms with Crippen LogP contribution in [-0.4, -0.2) is 22.0 Å². The van der Waals surface area contributed by atoms with Gasteiger partial charge in [-0.1, -0.05) is 36.7 Å². The van der Waals surface area contributed by atoms with E-state index in [1.165, 1.54) is 0 Å². The number of rotatable bonds is 7. The molecule has 6 heteroatoms. The molecular weight excluding hydrogens is 328 g/mol. The van der Waals surface area contributed by atoms with Crippen molar-refractivity contribution in [3.05, 3.63) is 64.9 Å². The van der Waals surface area contributed by atoms with E-state index in [0.29, 0.717) is 17.0 Å². The lowest BCUT2D eigenvalue weighted by Gasteiger charge is -2.30. The topological polar surface area (TPSA) is 79.3 Å². The molecule has 0 saturated carbocycles. The Kier molecular flexibility index (Phi) is 5.93. The number of aliphatic carboxylic acids is 1. The number of aryl methyl sites for hydroxylation is 1. The summed E-state index contributed by atoms with van der Waals surface area (Å²) in [6.45, 7) is 1.72. The second-order valence-electron chi connectivity index (χ2n) is 5.44. The van der Waals surface area contributed by atoms with Gasteiger partial charge in [-0.3, -0.25) is 9.78 Å². The van der Waals surface area contributed by atoms with Gasteiger partial charge in [-0.25, -0.2) is 4.79 Å². The highest BCUT2D eigenvalue weighted by molar-refractivity contribution is 6.30. The minimum atomic E-state index is -1.47. The van der Waals surface area contributed by atoms with Crippen LogP contribution >= 0.6 is 11.6 Å². The van der Waals surface area contributed by atoms with Gasteiger partial charge in [-0.05, 0) is 42.7 Å². The molecule has 5 nitrogen and oxygen atoms in total. The molecule has 0 fully saturated rings. The highest BCUT2D eigenvalue weighted by Crippen LogP contribution is 2.27. The average Bonchev–Trinajstić information content (AvgIpc) is 2.59. The minimum absolute atomic E-state index is 0.166. The van der Waals surface area contributed by atoms with Crippen molar-refractivity contribution in [3.8, 4) is 0 Å². The van der Waals surface area contributed by atoms with Crippen LogP contribution < -0.4 is 5.32 Å². The van der Waals surface area contributed by atoms with E-state index >= 15 is 0 Å². The number of nitrogens with zero attached hydrogens (tertiary/aromatic N) is 1. The molecule has 0 aliphatic heterocycles. The summed E-state index contributed by atoms with van der Waals surface area (Å²) in [5.74, 6) is -1.43. The van der Waals surface area contributed by atoms with Crippen molar-refractivity contribution < 1.29 is 14.7 Å². The normalized spacial score (nSPS) is 13.1. The largest absolute Gasteiger partial charge is 0.479 e. The molecule has 1 amide bonds. The number of carbonyl (C=O) groups excluding carboxylic acids is 1. The molecule has 0 aliphatic carbocycles. The number of benzene rings is 1. The highest BCUT2D eigenvalue weighted by Gasteiger charge is 2.40. The summed E-state index contributed by atoms with van der Waals surface area (Å²) in [7, 11) is 0. The lowest BCUT2D eigenvalue weighted by atomic mass is 9.87. The molecule has 126 valence electrons. The van der Waals surface area contributed by atoms with Gasteiger partial charge >= 0.3 is 5.97 Å². The third-order valence-electron chi connectivity index (χ3n) is 3.92. The fourth-order valence-electron chi connectivity index (χ4n) is 2.52. The monoisotopic (exact) mass is 346 g/mol. The van der Waals surface area contributed by atoms with Crippen molar-refractivity contribution in [1.29, 1.82) is 0 Å². The SMILES string of the molecule is CCC(NC(=O)CCc1ccccn1)(C(=O)O)c1ccc(Cl)cc1. The van der Waals surface area contributed by atoms with Gasteiger partial charge in [0.1, 0.15) is 0 Å². The smallest absolute Gasteiger partial charge is 0.334 e. The number of halogens is 1. The Labute approximate surface area is 145 Å². The summed E-state index contributed by atoms with van der Waals surface area (Å²) in [5.41, 5.74) is -0.184. The molecule has 24 heavy (non-hydrogen) atoms. The van der Waals surface area contributed by atoms with E-state index in [9.17, 15) is 14.7 Å². The second kappa shape index (κ2) is 7.93. The maximum Gasteiger partial charge on any atom is 0.334 e. The van der Waals surface area contributed by atoms with Crippen LogP contribution in [0.4, 0.5) is 0 Å². The number of hydrogen-bond donors (Lipinski definition) is 2. The number of pyridine rings is 1. The van der Waals surface area contributed by atoms with Crippen LogP contribution in [0.3, 0.4) is 0 Å². The summed E-state index contributed by atoms with van der Waals surface area (Å²) in [5, 5.41) is 12.9. The fourth-order valence-corrected chi connectivity index (χ4v) is 2.64. The summed E-state index contributed by atoms with van der Waals surface area (Å²) in [4.78, 5) is 28.4. The number of aromatic nitrogens is 1. The Morgan fingerprint density at radius 2 is 1.92 bits per heavy atom. The van der Waals surface area contributed by atoms with E-state index in [-0.39, 0.29) is 18.7 Å². The van der Waals surface area contributed by atoms with E-state index in [1.54, 1.807) is 43.5 Å². The molecule has 1 heterocycles. The average molecular weight is 347 g/mol. The van der Waals surface area contributed by atoms with Crippen molar-refractivity contribution in [2.24, 2.45) is 0 Å². The van der Waals surface area contributed by atoms with Gasteiger partial charge in [0.05, 0.1) is 0 Å². The molecule has 0 spiro atoms. The zero-order chi connectivity index (χ0) is 17.6. The van der Waals surface area contributed by atoms with Crippen LogP contribution in [0.25, 0.3) is 0 Å².